The Bertz CT molecular complexity index is 646. The van der Waals surface area contributed by atoms with E-state index < -0.39 is 0 Å². The van der Waals surface area contributed by atoms with Crippen LogP contribution in [0.4, 0.5) is 11.4 Å². The molecule has 2 aromatic rings. The summed E-state index contributed by atoms with van der Waals surface area (Å²) in [5, 5.41) is 9.85. The number of hydrogen-bond donors (Lipinski definition) is 1. The van der Waals surface area contributed by atoms with Crippen LogP contribution in [-0.4, -0.2) is 6.54 Å². The summed E-state index contributed by atoms with van der Waals surface area (Å²) in [7, 11) is 0. The molecule has 0 aliphatic carbocycles. The molecule has 0 heterocycles. The largest absolute Gasteiger partial charge is 0.399 e. The normalized spacial score (nSPS) is 10.1. The van der Waals surface area contributed by atoms with Gasteiger partial charge in [0, 0.05) is 23.8 Å². The summed E-state index contributed by atoms with van der Waals surface area (Å²) in [4.78, 5) is 2.11. The van der Waals surface area contributed by atoms with Gasteiger partial charge in [-0.1, -0.05) is 23.7 Å². The van der Waals surface area contributed by atoms with Crippen molar-refractivity contribution in [1.82, 2.24) is 0 Å². The van der Waals surface area contributed by atoms with Crippen LogP contribution in [0.15, 0.2) is 42.5 Å². The van der Waals surface area contributed by atoms with Gasteiger partial charge in [-0.25, -0.2) is 0 Å². The predicted octanol–water partition coefficient (Wildman–Crippen LogP) is 3.82. The number of nitrogens with two attached hydrogens (primary N) is 1. The Morgan fingerprint density at radius 2 is 2.05 bits per heavy atom. The van der Waals surface area contributed by atoms with Crippen molar-refractivity contribution >= 4 is 23.0 Å². The average molecular weight is 286 g/mol. The molecule has 0 amide bonds. The fraction of sp³-hybridized carbons (Fsp3) is 0.188. The van der Waals surface area contributed by atoms with Crippen LogP contribution >= 0.6 is 11.6 Å². The molecule has 0 saturated heterocycles. The van der Waals surface area contributed by atoms with Crippen LogP contribution in [0.25, 0.3) is 0 Å². The van der Waals surface area contributed by atoms with Crippen LogP contribution in [0.1, 0.15) is 18.1 Å². The molecular formula is C16H16ClN3. The fourth-order valence-electron chi connectivity index (χ4n) is 2.14. The standard InChI is InChI=1S/C16H16ClN3/c1-2-20(11-12-4-3-5-15(19)8-12)16-9-14(17)7-6-13(16)10-18/h3-9H,2,11,19H2,1H3. The number of nitrogens with zero attached hydrogens (tertiary/aromatic N) is 2. The molecule has 4 heteroatoms. The van der Waals surface area contributed by atoms with E-state index in [0.717, 1.165) is 23.5 Å². The van der Waals surface area contributed by atoms with E-state index in [9.17, 15) is 5.26 Å². The highest BCUT2D eigenvalue weighted by Crippen LogP contribution is 2.26. The molecule has 0 saturated carbocycles. The van der Waals surface area contributed by atoms with Crippen molar-refractivity contribution in [3.8, 4) is 6.07 Å². The Hall–Kier alpha value is -2.18. The molecule has 0 unspecified atom stereocenters. The Kier molecular flexibility index (Phi) is 4.49. The third-order valence-electron chi connectivity index (χ3n) is 3.13. The molecule has 0 aliphatic rings. The molecular weight excluding hydrogens is 270 g/mol. The smallest absolute Gasteiger partial charge is 0.101 e. The molecule has 2 aromatic carbocycles. The Balaban J connectivity index is 2.33. The van der Waals surface area contributed by atoms with Gasteiger partial charge in [-0.2, -0.15) is 5.26 Å². The zero-order valence-electron chi connectivity index (χ0n) is 11.3. The molecule has 0 spiro atoms. The molecule has 0 bridgehead atoms. The monoisotopic (exact) mass is 285 g/mol. The highest BCUT2D eigenvalue weighted by molar-refractivity contribution is 6.30. The summed E-state index contributed by atoms with van der Waals surface area (Å²) >= 11 is 6.05. The topological polar surface area (TPSA) is 53.0 Å². The van der Waals surface area contributed by atoms with Gasteiger partial charge in [0.25, 0.3) is 0 Å². The minimum absolute atomic E-state index is 0.625. The first-order valence-corrected chi connectivity index (χ1v) is 6.81. The lowest BCUT2D eigenvalue weighted by atomic mass is 10.1. The summed E-state index contributed by atoms with van der Waals surface area (Å²) in [6, 6.07) is 15.3. The molecule has 102 valence electrons. The first-order valence-electron chi connectivity index (χ1n) is 6.43. The lowest BCUT2D eigenvalue weighted by molar-refractivity contribution is 0.831. The van der Waals surface area contributed by atoms with E-state index in [1.54, 1.807) is 12.1 Å². The van der Waals surface area contributed by atoms with Crippen LogP contribution in [0.5, 0.6) is 0 Å². The second-order valence-electron chi connectivity index (χ2n) is 4.53. The maximum absolute atomic E-state index is 9.22. The van der Waals surface area contributed by atoms with E-state index in [1.807, 2.05) is 37.3 Å². The van der Waals surface area contributed by atoms with Crippen LogP contribution in [0.3, 0.4) is 0 Å². The summed E-state index contributed by atoms with van der Waals surface area (Å²) in [5.41, 5.74) is 9.13. The SMILES string of the molecule is CCN(Cc1cccc(N)c1)c1cc(Cl)ccc1C#N. The molecule has 2 rings (SSSR count). The first kappa shape index (κ1) is 14.2. The van der Waals surface area contributed by atoms with E-state index in [0.29, 0.717) is 17.1 Å². The Labute approximate surface area is 124 Å². The maximum atomic E-state index is 9.22. The van der Waals surface area contributed by atoms with Gasteiger partial charge >= 0.3 is 0 Å². The Morgan fingerprint density at radius 3 is 2.70 bits per heavy atom. The molecule has 0 aromatic heterocycles. The van der Waals surface area contributed by atoms with Crippen molar-refractivity contribution in [1.29, 1.82) is 5.26 Å². The first-order chi connectivity index (χ1) is 9.63. The number of anilines is 2. The number of nitrogen functional groups attached to an aromatic ring is 1. The van der Waals surface area contributed by atoms with Gasteiger partial charge in [-0.05, 0) is 42.8 Å². The third-order valence-corrected chi connectivity index (χ3v) is 3.36. The molecule has 0 atom stereocenters. The van der Waals surface area contributed by atoms with Gasteiger partial charge in [-0.3, -0.25) is 0 Å². The van der Waals surface area contributed by atoms with Crippen molar-refractivity contribution < 1.29 is 0 Å². The highest BCUT2D eigenvalue weighted by atomic mass is 35.5. The minimum atomic E-state index is 0.625. The van der Waals surface area contributed by atoms with E-state index in [2.05, 4.69) is 11.0 Å². The van der Waals surface area contributed by atoms with E-state index in [-0.39, 0.29) is 0 Å². The second-order valence-corrected chi connectivity index (χ2v) is 4.97. The summed E-state index contributed by atoms with van der Waals surface area (Å²) in [6.07, 6.45) is 0. The van der Waals surface area contributed by atoms with Crippen molar-refractivity contribution in [3.63, 3.8) is 0 Å². The quantitative estimate of drug-likeness (QED) is 0.869. The van der Waals surface area contributed by atoms with Crippen LogP contribution < -0.4 is 10.6 Å². The number of benzene rings is 2. The average Bonchev–Trinajstić information content (AvgIpc) is 2.45. The lowest BCUT2D eigenvalue weighted by Crippen LogP contribution is -2.23. The number of halogens is 1. The van der Waals surface area contributed by atoms with Gasteiger partial charge in [0.1, 0.15) is 6.07 Å². The fourth-order valence-corrected chi connectivity index (χ4v) is 2.31. The zero-order chi connectivity index (χ0) is 14.5. The van der Waals surface area contributed by atoms with Crippen LogP contribution in [0, 0.1) is 11.3 Å². The summed E-state index contributed by atoms with van der Waals surface area (Å²) < 4.78 is 0. The van der Waals surface area contributed by atoms with Crippen molar-refractivity contribution in [2.75, 3.05) is 17.2 Å². The van der Waals surface area contributed by atoms with Gasteiger partial charge in [-0.15, -0.1) is 0 Å². The molecule has 0 aliphatic heterocycles. The zero-order valence-corrected chi connectivity index (χ0v) is 12.1. The number of nitriles is 1. The second kappa shape index (κ2) is 6.31. The van der Waals surface area contributed by atoms with Crippen molar-refractivity contribution in [3.05, 3.63) is 58.6 Å². The number of rotatable bonds is 4. The van der Waals surface area contributed by atoms with Gasteiger partial charge in [0.15, 0.2) is 0 Å². The molecule has 20 heavy (non-hydrogen) atoms. The highest BCUT2D eigenvalue weighted by Gasteiger charge is 2.11. The predicted molar refractivity (Wildman–Crippen MR) is 83.7 cm³/mol. The molecule has 0 radical (unpaired) electrons. The molecule has 0 fully saturated rings. The summed E-state index contributed by atoms with van der Waals surface area (Å²) in [6.45, 7) is 3.52. The molecule has 2 N–H and O–H groups in total. The van der Waals surface area contributed by atoms with Gasteiger partial charge in [0.05, 0.1) is 11.3 Å². The minimum Gasteiger partial charge on any atom is -0.399 e. The van der Waals surface area contributed by atoms with E-state index in [1.165, 1.54) is 0 Å². The van der Waals surface area contributed by atoms with Gasteiger partial charge in [0.2, 0.25) is 0 Å². The number of hydrogen-bond acceptors (Lipinski definition) is 3. The van der Waals surface area contributed by atoms with E-state index >= 15 is 0 Å². The molecule has 3 nitrogen and oxygen atoms in total. The third kappa shape index (κ3) is 3.23. The summed E-state index contributed by atoms with van der Waals surface area (Å²) in [5.74, 6) is 0. The van der Waals surface area contributed by atoms with Crippen LogP contribution in [-0.2, 0) is 6.54 Å². The Morgan fingerprint density at radius 1 is 1.25 bits per heavy atom. The lowest BCUT2D eigenvalue weighted by Gasteiger charge is -2.24. The maximum Gasteiger partial charge on any atom is 0.101 e. The van der Waals surface area contributed by atoms with Crippen molar-refractivity contribution in [2.45, 2.75) is 13.5 Å². The van der Waals surface area contributed by atoms with Gasteiger partial charge < -0.3 is 10.6 Å². The van der Waals surface area contributed by atoms with Crippen molar-refractivity contribution in [2.24, 2.45) is 0 Å². The van der Waals surface area contributed by atoms with E-state index in [4.69, 9.17) is 17.3 Å². The van der Waals surface area contributed by atoms with Crippen LogP contribution in [0.2, 0.25) is 5.02 Å².